The van der Waals surface area contributed by atoms with Crippen LogP contribution in [0.15, 0.2) is 97.1 Å². The van der Waals surface area contributed by atoms with Crippen LogP contribution < -0.4 is 15.1 Å². The van der Waals surface area contributed by atoms with Crippen molar-refractivity contribution in [3.8, 4) is 0 Å². The number of rotatable bonds is 5. The summed E-state index contributed by atoms with van der Waals surface area (Å²) < 4.78 is 0.461. The van der Waals surface area contributed by atoms with Gasteiger partial charge < -0.3 is 10.2 Å². The fourth-order valence-corrected chi connectivity index (χ4v) is 6.01. The van der Waals surface area contributed by atoms with E-state index in [9.17, 15) is 9.59 Å². The summed E-state index contributed by atoms with van der Waals surface area (Å²) in [5, 5.41) is 4.60. The molecule has 1 heterocycles. The molecule has 0 aliphatic carbocycles. The number of thiocarbonyl (C=S) groups is 1. The summed E-state index contributed by atoms with van der Waals surface area (Å²) in [6.45, 7) is 0. The van der Waals surface area contributed by atoms with Crippen LogP contribution in [0.2, 0.25) is 0 Å². The topological polar surface area (TPSA) is 52.6 Å². The maximum Gasteiger partial charge on any atom is 0.256 e. The van der Waals surface area contributed by atoms with Crippen LogP contribution in [0.4, 0.5) is 11.4 Å². The summed E-state index contributed by atoms with van der Waals surface area (Å²) in [4.78, 5) is 30.9. The van der Waals surface area contributed by atoms with Crippen LogP contribution in [0.5, 0.6) is 0 Å². The number of nitrogens with zero attached hydrogens (tertiary/aromatic N) is 2. The van der Waals surface area contributed by atoms with Crippen molar-refractivity contribution in [3.05, 3.63) is 108 Å². The number of thioether (sulfide) groups is 1. The second-order valence-electron chi connectivity index (χ2n) is 8.78. The molecule has 0 saturated carbocycles. The molecular weight excluding hydrogens is 486 g/mol. The Labute approximate surface area is 220 Å². The zero-order valence-electron chi connectivity index (χ0n) is 19.9. The van der Waals surface area contributed by atoms with Crippen molar-refractivity contribution in [2.24, 2.45) is 0 Å². The third kappa shape index (κ3) is 4.59. The molecule has 1 aliphatic heterocycles. The largest absolute Gasteiger partial charge is 0.378 e. The molecule has 1 saturated heterocycles. The first kappa shape index (κ1) is 24.0. The molecular formula is C29H25N3O2S2. The van der Waals surface area contributed by atoms with E-state index >= 15 is 0 Å². The Morgan fingerprint density at radius 1 is 0.889 bits per heavy atom. The second-order valence-corrected chi connectivity index (χ2v) is 10.6. The van der Waals surface area contributed by atoms with Crippen molar-refractivity contribution in [1.29, 1.82) is 0 Å². The van der Waals surface area contributed by atoms with Gasteiger partial charge in [0.2, 0.25) is 0 Å². The van der Waals surface area contributed by atoms with Gasteiger partial charge in [-0.1, -0.05) is 90.7 Å². The van der Waals surface area contributed by atoms with Crippen LogP contribution in [-0.4, -0.2) is 36.3 Å². The zero-order valence-corrected chi connectivity index (χ0v) is 21.6. The number of hydrogen-bond acceptors (Lipinski definition) is 5. The highest BCUT2D eigenvalue weighted by Gasteiger charge is 2.43. The van der Waals surface area contributed by atoms with Crippen LogP contribution in [0.3, 0.4) is 0 Å². The Balaban J connectivity index is 1.55. The van der Waals surface area contributed by atoms with Crippen LogP contribution in [0.1, 0.15) is 21.2 Å². The van der Waals surface area contributed by atoms with Gasteiger partial charge >= 0.3 is 0 Å². The van der Waals surface area contributed by atoms with Gasteiger partial charge in [0.1, 0.15) is 10.4 Å². The lowest BCUT2D eigenvalue weighted by Crippen LogP contribution is -2.55. The minimum atomic E-state index is -0.807. The minimum Gasteiger partial charge on any atom is -0.378 e. The van der Waals surface area contributed by atoms with Gasteiger partial charge in [-0.25, -0.2) is 0 Å². The fourth-order valence-electron chi connectivity index (χ4n) is 4.38. The summed E-state index contributed by atoms with van der Waals surface area (Å²) in [7, 11) is 3.96. The third-order valence-corrected chi connectivity index (χ3v) is 7.92. The van der Waals surface area contributed by atoms with E-state index in [1.165, 1.54) is 11.8 Å². The van der Waals surface area contributed by atoms with E-state index in [0.29, 0.717) is 9.88 Å². The molecule has 180 valence electrons. The third-order valence-electron chi connectivity index (χ3n) is 6.27. The molecule has 1 N–H and O–H groups in total. The Kier molecular flexibility index (Phi) is 6.76. The highest BCUT2D eigenvalue weighted by molar-refractivity contribution is 8.23. The predicted molar refractivity (Wildman–Crippen MR) is 153 cm³/mol. The van der Waals surface area contributed by atoms with Crippen LogP contribution in [0.25, 0.3) is 10.8 Å². The lowest BCUT2D eigenvalue weighted by atomic mass is 10.0. The second kappa shape index (κ2) is 10.1. The van der Waals surface area contributed by atoms with Crippen molar-refractivity contribution in [2.75, 3.05) is 23.9 Å². The quantitative estimate of drug-likeness (QED) is 0.343. The summed E-state index contributed by atoms with van der Waals surface area (Å²) >= 11 is 7.22. The molecule has 2 atom stereocenters. The molecule has 0 unspecified atom stereocenters. The Morgan fingerprint density at radius 3 is 2.28 bits per heavy atom. The smallest absolute Gasteiger partial charge is 0.256 e. The lowest BCUT2D eigenvalue weighted by Gasteiger charge is -2.38. The summed E-state index contributed by atoms with van der Waals surface area (Å²) in [5.74, 6) is -0.545. The number of carbonyl (C=O) groups is 2. The average molecular weight is 512 g/mol. The summed E-state index contributed by atoms with van der Waals surface area (Å²) in [6, 6.07) is 29.9. The molecule has 1 fully saturated rings. The molecule has 0 spiro atoms. The van der Waals surface area contributed by atoms with Gasteiger partial charge in [-0.2, -0.15) is 0 Å². The molecule has 0 radical (unpaired) electrons. The van der Waals surface area contributed by atoms with E-state index in [-0.39, 0.29) is 17.1 Å². The van der Waals surface area contributed by atoms with Crippen LogP contribution in [0, 0.1) is 0 Å². The highest BCUT2D eigenvalue weighted by Crippen LogP contribution is 2.42. The number of anilines is 2. The van der Waals surface area contributed by atoms with E-state index in [4.69, 9.17) is 12.2 Å². The van der Waals surface area contributed by atoms with Crippen molar-refractivity contribution >= 4 is 62.3 Å². The van der Waals surface area contributed by atoms with Crippen molar-refractivity contribution in [1.82, 2.24) is 5.32 Å². The fraction of sp³-hybridized carbons (Fsp3) is 0.138. The number of hydrogen-bond donors (Lipinski definition) is 1. The van der Waals surface area contributed by atoms with E-state index < -0.39 is 6.04 Å². The standard InChI is InChI=1S/C29H25N3O2S2/c1-31(2)22-17-15-20(16-18-22)26-25(30-27(33)21-10-4-3-5-11-21)28(34)32(29(35)36-26)24-14-8-12-19-9-6-7-13-23(19)24/h3-18,25-26H,1-2H3,(H,30,33)/t25-,26+/m0/s1. The molecule has 1 aliphatic rings. The van der Waals surface area contributed by atoms with Gasteiger partial charge in [0.05, 0.1) is 10.9 Å². The van der Waals surface area contributed by atoms with Crippen molar-refractivity contribution in [2.45, 2.75) is 11.3 Å². The molecule has 5 nitrogen and oxygen atoms in total. The summed E-state index contributed by atoms with van der Waals surface area (Å²) in [6.07, 6.45) is 0. The Bertz CT molecular complexity index is 1430. The average Bonchev–Trinajstić information content (AvgIpc) is 2.90. The van der Waals surface area contributed by atoms with E-state index in [1.54, 1.807) is 29.2 Å². The Hall–Kier alpha value is -3.68. The molecule has 4 aromatic rings. The highest BCUT2D eigenvalue weighted by atomic mass is 32.2. The molecule has 4 aromatic carbocycles. The number of nitrogens with one attached hydrogen (secondary N) is 1. The van der Waals surface area contributed by atoms with Crippen LogP contribution >= 0.6 is 24.0 Å². The van der Waals surface area contributed by atoms with E-state index in [1.807, 2.05) is 91.8 Å². The van der Waals surface area contributed by atoms with E-state index in [2.05, 4.69) is 5.32 Å². The molecule has 0 bridgehead atoms. The maximum absolute atomic E-state index is 14.1. The first-order chi connectivity index (χ1) is 17.4. The van der Waals surface area contributed by atoms with Crippen molar-refractivity contribution in [3.63, 3.8) is 0 Å². The van der Waals surface area contributed by atoms with Gasteiger partial charge in [-0.3, -0.25) is 14.5 Å². The van der Waals surface area contributed by atoms with Gasteiger partial charge in [0, 0.05) is 30.7 Å². The zero-order chi connectivity index (χ0) is 25.2. The number of benzene rings is 4. The van der Waals surface area contributed by atoms with Gasteiger partial charge in [0.25, 0.3) is 11.8 Å². The van der Waals surface area contributed by atoms with Crippen molar-refractivity contribution < 1.29 is 9.59 Å². The first-order valence-corrected chi connectivity index (χ1v) is 12.9. The molecule has 2 amide bonds. The minimum absolute atomic E-state index is 0.249. The molecule has 5 rings (SSSR count). The van der Waals surface area contributed by atoms with Gasteiger partial charge in [-0.15, -0.1) is 0 Å². The molecule has 0 aromatic heterocycles. The number of amides is 2. The van der Waals surface area contributed by atoms with Gasteiger partial charge in [0.15, 0.2) is 0 Å². The van der Waals surface area contributed by atoms with Crippen LogP contribution in [-0.2, 0) is 4.79 Å². The predicted octanol–water partition coefficient (Wildman–Crippen LogP) is 5.81. The first-order valence-electron chi connectivity index (χ1n) is 11.6. The number of fused-ring (bicyclic) bond motifs is 1. The normalized spacial score (nSPS) is 17.8. The maximum atomic E-state index is 14.1. The molecule has 36 heavy (non-hydrogen) atoms. The SMILES string of the molecule is CN(C)c1ccc([C@H]2SC(=S)N(c3cccc4ccccc34)C(=O)[C@H]2NC(=O)c2ccccc2)cc1. The number of carbonyl (C=O) groups excluding carboxylic acids is 2. The summed E-state index contributed by atoms with van der Waals surface area (Å²) in [5.41, 5.74) is 3.20. The monoisotopic (exact) mass is 511 g/mol. The molecule has 7 heteroatoms. The Morgan fingerprint density at radius 2 is 1.56 bits per heavy atom. The lowest BCUT2D eigenvalue weighted by molar-refractivity contribution is -0.119. The van der Waals surface area contributed by atoms with Gasteiger partial charge in [-0.05, 0) is 41.3 Å². The van der Waals surface area contributed by atoms with E-state index in [0.717, 1.165) is 27.7 Å².